The molecule has 4 heterocycles. The van der Waals surface area contributed by atoms with Gasteiger partial charge in [0.15, 0.2) is 0 Å². The van der Waals surface area contributed by atoms with E-state index in [0.717, 1.165) is 50.1 Å². The molecule has 0 unspecified atom stereocenters. The van der Waals surface area contributed by atoms with Crippen LogP contribution >= 0.6 is 23.4 Å². The fraction of sp³-hybridized carbons (Fsp3) is 0.321. The Labute approximate surface area is 243 Å². The number of rotatable bonds is 7. The number of benzene rings is 2. The summed E-state index contributed by atoms with van der Waals surface area (Å²) in [5, 5.41) is 17.6. The summed E-state index contributed by atoms with van der Waals surface area (Å²) in [6.45, 7) is 3.19. The van der Waals surface area contributed by atoms with E-state index in [1.165, 1.54) is 17.8 Å². The second-order valence-corrected chi connectivity index (χ2v) is 11.7. The molecule has 3 aromatic heterocycles. The van der Waals surface area contributed by atoms with Gasteiger partial charge in [-0.25, -0.2) is 4.39 Å². The predicted molar refractivity (Wildman–Crippen MR) is 154 cm³/mol. The van der Waals surface area contributed by atoms with E-state index in [2.05, 4.69) is 36.9 Å². The van der Waals surface area contributed by atoms with Crippen molar-refractivity contribution in [2.75, 3.05) is 38.1 Å². The smallest absolute Gasteiger partial charge is 0.277 e. The van der Waals surface area contributed by atoms with Crippen molar-refractivity contribution >= 4 is 40.0 Å². The van der Waals surface area contributed by atoms with Crippen molar-refractivity contribution in [3.8, 4) is 22.9 Å². The first kappa shape index (κ1) is 26.2. The summed E-state index contributed by atoms with van der Waals surface area (Å²) in [7, 11) is 2.06. The summed E-state index contributed by atoms with van der Waals surface area (Å²) in [5.74, 6) is 0.742. The number of fused-ring (bicyclic) bond motifs is 1. The molecule has 0 bridgehead atoms. The van der Waals surface area contributed by atoms with Crippen LogP contribution in [0.4, 0.5) is 10.1 Å². The lowest BCUT2D eigenvalue weighted by Gasteiger charge is -2.34. The maximum absolute atomic E-state index is 15.4. The molecule has 2 aromatic carbocycles. The molecule has 1 aliphatic carbocycles. The normalized spacial score (nSPS) is 16.1. The molecule has 1 aliphatic heterocycles. The van der Waals surface area contributed by atoms with Gasteiger partial charge in [0.2, 0.25) is 17.2 Å². The first-order valence-corrected chi connectivity index (χ1v) is 14.7. The Bertz CT molecular complexity index is 1790. The van der Waals surface area contributed by atoms with E-state index < -0.39 is 5.82 Å². The number of aromatic nitrogens is 5. The topological polar surface area (TPSA) is 106 Å². The van der Waals surface area contributed by atoms with E-state index in [9.17, 15) is 4.79 Å². The van der Waals surface area contributed by atoms with Crippen molar-refractivity contribution in [1.29, 1.82) is 0 Å². The summed E-state index contributed by atoms with van der Waals surface area (Å²) >= 11 is 7.16. The monoisotopic (exact) mass is 593 g/mol. The second kappa shape index (κ2) is 10.6. The molecule has 5 aromatic rings. The Kier molecular flexibility index (Phi) is 6.76. The van der Waals surface area contributed by atoms with Crippen LogP contribution in [0.3, 0.4) is 0 Å². The van der Waals surface area contributed by atoms with Crippen molar-refractivity contribution < 1.29 is 13.2 Å². The van der Waals surface area contributed by atoms with E-state index in [1.54, 1.807) is 30.5 Å². The molecule has 2 aliphatic rings. The fourth-order valence-corrected chi connectivity index (χ4v) is 5.70. The molecule has 1 saturated heterocycles. The third-order valence-electron chi connectivity index (χ3n) is 7.40. The highest BCUT2D eigenvalue weighted by Gasteiger charge is 2.28. The quantitative estimate of drug-likeness (QED) is 0.232. The molecule has 0 spiro atoms. The van der Waals surface area contributed by atoms with E-state index in [1.807, 2.05) is 11.0 Å². The lowest BCUT2D eigenvalue weighted by Crippen LogP contribution is -2.44. The summed E-state index contributed by atoms with van der Waals surface area (Å²) < 4.78 is 29.0. The lowest BCUT2D eigenvalue weighted by molar-refractivity contribution is 0.312. The Morgan fingerprint density at radius 3 is 2.51 bits per heavy atom. The predicted octanol–water partition coefficient (Wildman–Crippen LogP) is 5.27. The zero-order valence-corrected chi connectivity index (χ0v) is 23.7. The van der Waals surface area contributed by atoms with Crippen LogP contribution in [0.15, 0.2) is 61.4 Å². The van der Waals surface area contributed by atoms with Gasteiger partial charge in [-0.2, -0.15) is 0 Å². The molecule has 0 N–H and O–H groups in total. The largest absolute Gasteiger partial charge is 0.420 e. The minimum Gasteiger partial charge on any atom is -0.420 e. The molecule has 0 radical (unpaired) electrons. The van der Waals surface area contributed by atoms with Gasteiger partial charge in [0.1, 0.15) is 11.4 Å². The highest BCUT2D eigenvalue weighted by molar-refractivity contribution is 7.98. The number of hydrogen-bond donors (Lipinski definition) is 0. The van der Waals surface area contributed by atoms with Crippen LogP contribution in [0.2, 0.25) is 5.02 Å². The van der Waals surface area contributed by atoms with E-state index in [-0.39, 0.29) is 28.1 Å². The maximum Gasteiger partial charge on any atom is 0.277 e. The van der Waals surface area contributed by atoms with E-state index in [0.29, 0.717) is 33.6 Å². The first-order chi connectivity index (χ1) is 19.9. The van der Waals surface area contributed by atoms with Crippen molar-refractivity contribution in [1.82, 2.24) is 29.9 Å². The van der Waals surface area contributed by atoms with Gasteiger partial charge in [-0.05, 0) is 56.3 Å². The Hall–Kier alpha value is -3.74. The number of likely N-dealkylation sites (N-methyl/N-ethyl adjacent to an activating group) is 1. The van der Waals surface area contributed by atoms with Crippen molar-refractivity contribution in [2.24, 2.45) is 0 Å². The molecular weight excluding hydrogens is 569 g/mol. The van der Waals surface area contributed by atoms with Crippen molar-refractivity contribution in [3.63, 3.8) is 0 Å². The zero-order chi connectivity index (χ0) is 28.1. The third kappa shape index (κ3) is 5.22. The highest BCUT2D eigenvalue weighted by Crippen LogP contribution is 2.39. The zero-order valence-electron chi connectivity index (χ0n) is 22.1. The Morgan fingerprint density at radius 1 is 1.00 bits per heavy atom. The van der Waals surface area contributed by atoms with Crippen LogP contribution in [-0.2, 0) is 5.75 Å². The number of halogens is 2. The molecule has 7 rings (SSSR count). The SMILES string of the molecule is CN1CCN(c2cc3c(cc2F)c(=O)c(-c2nnc(SCc4nnc(-c5ccc(Cl)cc5)o4)o2)cn3C2CC2)CC1. The molecular formula is C28H25ClFN7O3S. The summed E-state index contributed by atoms with van der Waals surface area (Å²) in [6, 6.07) is 10.5. The molecule has 210 valence electrons. The van der Waals surface area contributed by atoms with Gasteiger partial charge in [0, 0.05) is 54.4 Å². The molecule has 13 heteroatoms. The van der Waals surface area contributed by atoms with E-state index in [4.69, 9.17) is 20.4 Å². The lowest BCUT2D eigenvalue weighted by atomic mass is 10.1. The van der Waals surface area contributed by atoms with Gasteiger partial charge in [-0.1, -0.05) is 23.4 Å². The summed E-state index contributed by atoms with van der Waals surface area (Å²) in [4.78, 5) is 17.8. The molecule has 41 heavy (non-hydrogen) atoms. The standard InChI is InChI=1S/C28H25ClFN7O3S/c1-35-8-10-36(11-9-35)23-13-22-19(12-21(23)30)25(38)20(14-37(22)18-6-7-18)27-33-34-28(40-27)41-15-24-31-32-26(39-24)16-2-4-17(29)5-3-16/h2-5,12-14,18H,6-11,15H2,1H3. The molecule has 0 amide bonds. The van der Waals surface area contributed by atoms with Crippen LogP contribution in [0, 0.1) is 5.82 Å². The van der Waals surface area contributed by atoms with Gasteiger partial charge in [-0.3, -0.25) is 4.79 Å². The summed E-state index contributed by atoms with van der Waals surface area (Å²) in [5.41, 5.74) is 1.92. The third-order valence-corrected chi connectivity index (χ3v) is 8.45. The number of hydrogen-bond acceptors (Lipinski definition) is 10. The number of anilines is 1. The number of pyridine rings is 1. The fourth-order valence-electron chi connectivity index (χ4n) is 4.98. The molecule has 1 saturated carbocycles. The van der Waals surface area contributed by atoms with Crippen LogP contribution in [0.1, 0.15) is 24.8 Å². The van der Waals surface area contributed by atoms with Crippen LogP contribution < -0.4 is 10.3 Å². The average Bonchev–Trinajstić information content (AvgIpc) is 3.52. The minimum absolute atomic E-state index is 0.0877. The summed E-state index contributed by atoms with van der Waals surface area (Å²) in [6.07, 6.45) is 3.75. The van der Waals surface area contributed by atoms with Gasteiger partial charge in [0.05, 0.1) is 17.0 Å². The highest BCUT2D eigenvalue weighted by atomic mass is 35.5. The van der Waals surface area contributed by atoms with Gasteiger partial charge >= 0.3 is 0 Å². The second-order valence-electron chi connectivity index (χ2n) is 10.3. The van der Waals surface area contributed by atoms with Gasteiger partial charge in [0.25, 0.3) is 11.1 Å². The number of nitrogens with zero attached hydrogens (tertiary/aromatic N) is 7. The minimum atomic E-state index is -0.405. The van der Waals surface area contributed by atoms with E-state index >= 15 is 4.39 Å². The number of piperazine rings is 1. The molecule has 0 atom stereocenters. The molecule has 2 fully saturated rings. The van der Waals surface area contributed by atoms with Crippen molar-refractivity contribution in [2.45, 2.75) is 29.9 Å². The maximum atomic E-state index is 15.4. The van der Waals surface area contributed by atoms with Gasteiger partial charge < -0.3 is 23.2 Å². The van der Waals surface area contributed by atoms with Crippen LogP contribution in [0.5, 0.6) is 0 Å². The Morgan fingerprint density at radius 2 is 1.76 bits per heavy atom. The molecule has 10 nitrogen and oxygen atoms in total. The Balaban J connectivity index is 1.15. The number of thioether (sulfide) groups is 1. The van der Waals surface area contributed by atoms with Gasteiger partial charge in [-0.15, -0.1) is 20.4 Å². The average molecular weight is 594 g/mol. The first-order valence-electron chi connectivity index (χ1n) is 13.3. The van der Waals surface area contributed by atoms with Crippen molar-refractivity contribution in [3.05, 3.63) is 69.5 Å². The van der Waals surface area contributed by atoms with Crippen LogP contribution in [-0.4, -0.2) is 63.1 Å². The van der Waals surface area contributed by atoms with Crippen LogP contribution in [0.25, 0.3) is 33.8 Å².